The van der Waals surface area contributed by atoms with Crippen molar-refractivity contribution in [1.82, 2.24) is 4.90 Å². The number of hydrogen-bond donors (Lipinski definition) is 1. The van der Waals surface area contributed by atoms with Crippen LogP contribution in [0.15, 0.2) is 41.3 Å². The first-order valence-corrected chi connectivity index (χ1v) is 11.0. The summed E-state index contributed by atoms with van der Waals surface area (Å²) in [5.41, 5.74) is 0.0101. The maximum atomic E-state index is 13.1. The van der Waals surface area contributed by atoms with Gasteiger partial charge in [0.1, 0.15) is 5.60 Å². The molecule has 1 N–H and O–H groups in total. The van der Waals surface area contributed by atoms with Crippen molar-refractivity contribution >= 4 is 33.3 Å². The third kappa shape index (κ3) is 6.42. The van der Waals surface area contributed by atoms with Crippen molar-refractivity contribution in [3.05, 3.63) is 42.5 Å². The van der Waals surface area contributed by atoms with Gasteiger partial charge in [-0.05, 0) is 51.5 Å². The van der Waals surface area contributed by atoms with Crippen molar-refractivity contribution in [1.29, 1.82) is 0 Å². The number of nitrogens with zero attached hydrogens (tertiary/aromatic N) is 2. The van der Waals surface area contributed by atoms with Crippen molar-refractivity contribution in [2.45, 2.75) is 38.8 Å². The van der Waals surface area contributed by atoms with Gasteiger partial charge in [-0.3, -0.25) is 9.59 Å². The molecule has 0 saturated carbocycles. The lowest BCUT2D eigenvalue weighted by Gasteiger charge is -2.28. The van der Waals surface area contributed by atoms with Crippen LogP contribution in [0.3, 0.4) is 0 Å². The Balaban J connectivity index is 2.12. The first kappa shape index (κ1) is 22.6. The maximum Gasteiger partial charge on any atom is 0.410 e. The van der Waals surface area contributed by atoms with Crippen LogP contribution in [0.2, 0.25) is 0 Å². The molecule has 29 heavy (non-hydrogen) atoms. The van der Waals surface area contributed by atoms with E-state index in [4.69, 9.17) is 4.74 Å². The fourth-order valence-corrected chi connectivity index (χ4v) is 5.16. The quantitative estimate of drug-likeness (QED) is 0.752. The lowest BCUT2D eigenvalue weighted by molar-refractivity contribution is -0.111. The van der Waals surface area contributed by atoms with E-state index in [9.17, 15) is 18.6 Å². The number of carbonyl (C=O) groups is 3. The molecule has 1 saturated heterocycles. The van der Waals surface area contributed by atoms with Gasteiger partial charge in [0.25, 0.3) is 5.91 Å². The highest BCUT2D eigenvalue weighted by Gasteiger charge is 2.34. The van der Waals surface area contributed by atoms with E-state index in [1.165, 1.54) is 17.0 Å². The molecule has 158 valence electrons. The van der Waals surface area contributed by atoms with Gasteiger partial charge in [0.2, 0.25) is 5.91 Å². The van der Waals surface area contributed by atoms with E-state index in [0.29, 0.717) is 12.1 Å². The first-order chi connectivity index (χ1) is 13.4. The van der Waals surface area contributed by atoms with Crippen LogP contribution in [0.5, 0.6) is 0 Å². The van der Waals surface area contributed by atoms with E-state index in [2.05, 4.69) is 16.3 Å². The zero-order chi connectivity index (χ0) is 21.8. The lowest BCUT2D eigenvalue weighted by Crippen LogP contribution is -2.41. The molecule has 2 atom stereocenters. The summed E-state index contributed by atoms with van der Waals surface area (Å²) in [5.74, 6) is -0.684. The first-order valence-electron chi connectivity index (χ1n) is 9.18. The summed E-state index contributed by atoms with van der Waals surface area (Å²) in [6, 6.07) is 5.92. The second-order valence-electron chi connectivity index (χ2n) is 7.85. The standard InChI is InChI=1S/C20H27N3O5S/c1-6-17(24)21-15-9-7-8-14(12-15)18(25)22-29(27)11-10-16(13-29)23(5)19(26)28-20(2,3)4/h6-9,12,16H,1,10-11,13H2,2-5H3,(H,21,24). The van der Waals surface area contributed by atoms with Gasteiger partial charge in [-0.15, -0.1) is 0 Å². The highest BCUT2D eigenvalue weighted by Crippen LogP contribution is 2.22. The topological polar surface area (TPSA) is 105 Å². The van der Waals surface area contributed by atoms with Gasteiger partial charge in [0.15, 0.2) is 0 Å². The summed E-state index contributed by atoms with van der Waals surface area (Å²) in [6.45, 7) is 8.69. The fourth-order valence-electron chi connectivity index (χ4n) is 2.79. The molecule has 0 aliphatic carbocycles. The third-order valence-electron chi connectivity index (χ3n) is 4.26. The molecule has 1 aromatic carbocycles. The molecule has 9 heteroatoms. The average molecular weight is 422 g/mol. The van der Waals surface area contributed by atoms with Crippen LogP contribution in [0.4, 0.5) is 10.5 Å². The number of hydrogen-bond acceptors (Lipinski definition) is 5. The minimum Gasteiger partial charge on any atom is -0.444 e. The number of rotatable bonds is 4. The molecular weight excluding hydrogens is 394 g/mol. The third-order valence-corrected chi connectivity index (χ3v) is 6.54. The van der Waals surface area contributed by atoms with E-state index in [1.807, 2.05) is 0 Å². The van der Waals surface area contributed by atoms with Crippen LogP contribution < -0.4 is 5.32 Å². The smallest absolute Gasteiger partial charge is 0.410 e. The lowest BCUT2D eigenvalue weighted by atomic mass is 10.2. The summed E-state index contributed by atoms with van der Waals surface area (Å²) in [4.78, 5) is 37.6. The summed E-state index contributed by atoms with van der Waals surface area (Å²) < 4.78 is 22.4. The summed E-state index contributed by atoms with van der Waals surface area (Å²) in [7, 11) is -1.20. The Morgan fingerprint density at radius 2 is 2.03 bits per heavy atom. The van der Waals surface area contributed by atoms with Crippen LogP contribution in [0.25, 0.3) is 0 Å². The van der Waals surface area contributed by atoms with Crippen molar-refractivity contribution in [2.75, 3.05) is 23.9 Å². The molecule has 2 unspecified atom stereocenters. The van der Waals surface area contributed by atoms with E-state index < -0.39 is 33.2 Å². The monoisotopic (exact) mass is 421 g/mol. The van der Waals surface area contributed by atoms with Crippen LogP contribution >= 0.6 is 0 Å². The Labute approximate surface area is 171 Å². The Morgan fingerprint density at radius 1 is 1.34 bits per heavy atom. The average Bonchev–Trinajstić information content (AvgIpc) is 3.01. The second kappa shape index (κ2) is 8.77. The minimum absolute atomic E-state index is 0.112. The van der Waals surface area contributed by atoms with Gasteiger partial charge in [-0.1, -0.05) is 12.6 Å². The Bertz CT molecular complexity index is 942. The molecule has 8 nitrogen and oxygen atoms in total. The number of anilines is 1. The van der Waals surface area contributed by atoms with E-state index in [-0.39, 0.29) is 23.1 Å². The number of amides is 3. The molecular formula is C20H27N3O5S. The number of ether oxygens (including phenoxy) is 1. The van der Waals surface area contributed by atoms with Crippen LogP contribution in [-0.4, -0.2) is 57.2 Å². The zero-order valence-corrected chi connectivity index (χ0v) is 18.0. The molecule has 1 fully saturated rings. The molecule has 1 aliphatic heterocycles. The summed E-state index contributed by atoms with van der Waals surface area (Å²) in [6.07, 6.45) is 1.10. The van der Waals surface area contributed by atoms with Gasteiger partial charge >= 0.3 is 6.09 Å². The summed E-state index contributed by atoms with van der Waals surface area (Å²) >= 11 is 0. The minimum atomic E-state index is -2.79. The molecule has 1 aliphatic rings. The molecule has 0 spiro atoms. The second-order valence-corrected chi connectivity index (χ2v) is 10.3. The molecule has 1 heterocycles. The number of carbonyl (C=O) groups excluding carboxylic acids is 3. The maximum absolute atomic E-state index is 13.1. The van der Waals surface area contributed by atoms with Gasteiger partial charge in [0, 0.05) is 30.1 Å². The molecule has 1 aromatic rings. The predicted molar refractivity (Wildman–Crippen MR) is 112 cm³/mol. The van der Waals surface area contributed by atoms with E-state index in [0.717, 1.165) is 6.08 Å². The zero-order valence-electron chi connectivity index (χ0n) is 17.1. The number of benzene rings is 1. The van der Waals surface area contributed by atoms with Crippen molar-refractivity contribution in [2.24, 2.45) is 4.36 Å². The SMILES string of the molecule is C=CC(=O)Nc1cccc(C(=O)N=S2(=O)CCC(N(C)C(=O)OC(C)(C)C)C2)c1. The summed E-state index contributed by atoms with van der Waals surface area (Å²) in [5, 5.41) is 2.56. The van der Waals surface area contributed by atoms with Gasteiger partial charge in [-0.25, -0.2) is 9.00 Å². The molecule has 0 aromatic heterocycles. The Hall–Kier alpha value is -2.68. The molecule has 0 radical (unpaired) electrons. The van der Waals surface area contributed by atoms with Crippen molar-refractivity contribution < 1.29 is 23.3 Å². The Morgan fingerprint density at radius 3 is 2.66 bits per heavy atom. The number of nitrogens with one attached hydrogen (secondary N) is 1. The largest absolute Gasteiger partial charge is 0.444 e. The molecule has 0 bridgehead atoms. The van der Waals surface area contributed by atoms with E-state index >= 15 is 0 Å². The normalized spacial score (nSPS) is 21.2. The highest BCUT2D eigenvalue weighted by atomic mass is 32.2. The van der Waals surface area contributed by atoms with Gasteiger partial charge in [0.05, 0.1) is 15.5 Å². The Kier molecular flexibility index (Phi) is 6.84. The van der Waals surface area contributed by atoms with Crippen molar-refractivity contribution in [3.63, 3.8) is 0 Å². The molecule has 2 rings (SSSR count). The van der Waals surface area contributed by atoms with Crippen LogP contribution in [0, 0.1) is 0 Å². The van der Waals surface area contributed by atoms with Crippen molar-refractivity contribution in [3.8, 4) is 0 Å². The van der Waals surface area contributed by atoms with Gasteiger partial charge < -0.3 is 15.0 Å². The van der Waals surface area contributed by atoms with Crippen LogP contribution in [0.1, 0.15) is 37.6 Å². The fraction of sp³-hybridized carbons (Fsp3) is 0.450. The molecule has 3 amide bonds. The predicted octanol–water partition coefficient (Wildman–Crippen LogP) is 3.06. The van der Waals surface area contributed by atoms with Gasteiger partial charge in [-0.2, -0.15) is 4.36 Å². The highest BCUT2D eigenvalue weighted by molar-refractivity contribution is 7.94. The van der Waals surface area contributed by atoms with E-state index in [1.54, 1.807) is 40.0 Å². The van der Waals surface area contributed by atoms with Crippen LogP contribution in [-0.2, 0) is 19.3 Å².